The summed E-state index contributed by atoms with van der Waals surface area (Å²) in [5.41, 5.74) is 5.85. The molecule has 0 atom stereocenters. The maximum Gasteiger partial charge on any atom is 0.264 e. The largest absolute Gasteiger partial charge is 0.419 e. The highest BCUT2D eigenvalue weighted by Crippen LogP contribution is 2.37. The van der Waals surface area contributed by atoms with Crippen LogP contribution in [0.25, 0.3) is 23.2 Å². The topological polar surface area (TPSA) is 126 Å². The van der Waals surface area contributed by atoms with E-state index < -0.39 is 0 Å². The van der Waals surface area contributed by atoms with E-state index in [1.165, 1.54) is 38.5 Å². The standard InChI is InChI=1S/C29H36N6O3/c1-15-21(17(3)30-23(15)28-34-32-26(37-28)19-11-7-5-8-12-19)25(36)22-16(2)24(31-18(22)4)29-35-33-27(38-29)20-13-9-6-10-14-20/h19-20,30-31H,5-14H2,1-4H3. The van der Waals surface area contributed by atoms with Crippen molar-refractivity contribution in [2.45, 2.75) is 104 Å². The number of aromatic nitrogens is 6. The number of hydrogen-bond donors (Lipinski definition) is 2. The lowest BCUT2D eigenvalue weighted by Gasteiger charge is -2.17. The molecule has 0 saturated heterocycles. The molecule has 0 amide bonds. The number of hydrogen-bond acceptors (Lipinski definition) is 7. The highest BCUT2D eigenvalue weighted by atomic mass is 16.4. The minimum absolute atomic E-state index is 0.0564. The molecule has 6 rings (SSSR count). The van der Waals surface area contributed by atoms with Crippen molar-refractivity contribution in [1.29, 1.82) is 0 Å². The number of aromatic amines is 2. The van der Waals surface area contributed by atoms with Crippen molar-refractivity contribution in [2.24, 2.45) is 0 Å². The van der Waals surface area contributed by atoms with Crippen LogP contribution in [0, 0.1) is 27.7 Å². The first-order chi connectivity index (χ1) is 18.4. The summed E-state index contributed by atoms with van der Waals surface area (Å²) in [7, 11) is 0. The predicted octanol–water partition coefficient (Wildman–Crippen LogP) is 7.00. The Bertz CT molecular complexity index is 1350. The van der Waals surface area contributed by atoms with Gasteiger partial charge in [0.1, 0.15) is 11.4 Å². The fourth-order valence-corrected chi connectivity index (χ4v) is 6.43. The quantitative estimate of drug-likeness (QED) is 0.264. The number of nitrogens with one attached hydrogen (secondary N) is 2. The van der Waals surface area contributed by atoms with Gasteiger partial charge >= 0.3 is 0 Å². The van der Waals surface area contributed by atoms with Gasteiger partial charge < -0.3 is 18.8 Å². The molecule has 200 valence electrons. The second-order valence-corrected chi connectivity index (χ2v) is 11.1. The minimum Gasteiger partial charge on any atom is -0.419 e. The minimum atomic E-state index is -0.0564. The number of H-pyrrole nitrogens is 2. The number of carbonyl (C=O) groups is 1. The van der Waals surface area contributed by atoms with Gasteiger partial charge in [-0.3, -0.25) is 4.79 Å². The first-order valence-electron chi connectivity index (χ1n) is 14.0. The molecular formula is C29H36N6O3. The van der Waals surface area contributed by atoms with Gasteiger partial charge in [-0.1, -0.05) is 38.5 Å². The highest BCUT2D eigenvalue weighted by molar-refractivity contribution is 6.13. The van der Waals surface area contributed by atoms with Crippen molar-refractivity contribution in [3.05, 3.63) is 45.4 Å². The lowest BCUT2D eigenvalue weighted by Crippen LogP contribution is -2.06. The summed E-state index contributed by atoms with van der Waals surface area (Å²) in [4.78, 5) is 20.6. The molecule has 2 saturated carbocycles. The average molecular weight is 517 g/mol. The zero-order valence-electron chi connectivity index (χ0n) is 22.7. The summed E-state index contributed by atoms with van der Waals surface area (Å²) in [5.74, 6) is 2.88. The van der Waals surface area contributed by atoms with E-state index in [-0.39, 0.29) is 5.78 Å². The fraction of sp³-hybridized carbons (Fsp3) is 0.552. The summed E-state index contributed by atoms with van der Waals surface area (Å²) in [6, 6.07) is 0. The summed E-state index contributed by atoms with van der Waals surface area (Å²) in [6.45, 7) is 7.69. The maximum atomic E-state index is 14.0. The van der Waals surface area contributed by atoms with E-state index in [2.05, 4.69) is 30.4 Å². The van der Waals surface area contributed by atoms with E-state index in [1.807, 2.05) is 27.7 Å². The van der Waals surface area contributed by atoms with Gasteiger partial charge in [0.05, 0.1) is 0 Å². The van der Waals surface area contributed by atoms with E-state index in [9.17, 15) is 4.79 Å². The second kappa shape index (κ2) is 10.0. The lowest BCUT2D eigenvalue weighted by molar-refractivity contribution is 0.103. The van der Waals surface area contributed by atoms with Gasteiger partial charge in [0.25, 0.3) is 11.8 Å². The molecule has 4 aromatic rings. The smallest absolute Gasteiger partial charge is 0.264 e. The Balaban J connectivity index is 1.29. The Morgan fingerprint density at radius 2 is 1.03 bits per heavy atom. The third-order valence-corrected chi connectivity index (χ3v) is 8.55. The molecule has 2 aliphatic rings. The molecule has 9 nitrogen and oxygen atoms in total. The van der Waals surface area contributed by atoms with Gasteiger partial charge in [-0.2, -0.15) is 0 Å². The van der Waals surface area contributed by atoms with E-state index >= 15 is 0 Å². The van der Waals surface area contributed by atoms with E-state index in [1.54, 1.807) is 0 Å². The van der Waals surface area contributed by atoms with Crippen LogP contribution < -0.4 is 0 Å². The molecule has 4 heterocycles. The summed E-state index contributed by atoms with van der Waals surface area (Å²) >= 11 is 0. The molecule has 0 unspecified atom stereocenters. The Morgan fingerprint density at radius 3 is 1.42 bits per heavy atom. The van der Waals surface area contributed by atoms with Crippen LogP contribution >= 0.6 is 0 Å². The number of rotatable bonds is 6. The number of nitrogens with zero attached hydrogens (tertiary/aromatic N) is 4. The number of ketones is 1. The Hall–Kier alpha value is -3.49. The van der Waals surface area contributed by atoms with Gasteiger partial charge in [0.15, 0.2) is 5.78 Å². The summed E-state index contributed by atoms with van der Waals surface area (Å²) < 4.78 is 12.2. The monoisotopic (exact) mass is 516 g/mol. The molecule has 2 fully saturated rings. The fourth-order valence-electron chi connectivity index (χ4n) is 6.43. The molecule has 0 aliphatic heterocycles. The average Bonchev–Trinajstić information content (AvgIpc) is 3.71. The first kappa shape index (κ1) is 24.8. The van der Waals surface area contributed by atoms with Gasteiger partial charge in [-0.05, 0) is 64.5 Å². The summed E-state index contributed by atoms with van der Waals surface area (Å²) in [6.07, 6.45) is 11.7. The molecule has 2 aliphatic carbocycles. The van der Waals surface area contributed by atoms with Gasteiger partial charge in [0, 0.05) is 34.4 Å². The van der Waals surface area contributed by atoms with Crippen molar-refractivity contribution in [2.75, 3.05) is 0 Å². The van der Waals surface area contributed by atoms with Crippen LogP contribution in [0.1, 0.15) is 126 Å². The van der Waals surface area contributed by atoms with Gasteiger partial charge in [0.2, 0.25) is 11.8 Å². The van der Waals surface area contributed by atoms with E-state index in [0.717, 1.165) is 48.2 Å². The van der Waals surface area contributed by atoms with Crippen LogP contribution in [-0.2, 0) is 0 Å². The zero-order chi connectivity index (χ0) is 26.4. The van der Waals surface area contributed by atoms with Gasteiger partial charge in [-0.25, -0.2) is 0 Å². The molecule has 38 heavy (non-hydrogen) atoms. The van der Waals surface area contributed by atoms with Crippen molar-refractivity contribution in [3.63, 3.8) is 0 Å². The molecule has 9 heteroatoms. The Kier molecular flexibility index (Phi) is 6.53. The lowest BCUT2D eigenvalue weighted by atomic mass is 9.89. The Morgan fingerprint density at radius 1 is 0.632 bits per heavy atom. The molecule has 4 aromatic heterocycles. The molecule has 0 aromatic carbocycles. The van der Waals surface area contributed by atoms with E-state index in [0.29, 0.717) is 57.9 Å². The Labute approximate surface area is 222 Å². The normalized spacial score (nSPS) is 17.4. The third kappa shape index (κ3) is 4.31. The molecule has 0 bridgehead atoms. The van der Waals surface area contributed by atoms with Crippen LogP contribution in [0.5, 0.6) is 0 Å². The van der Waals surface area contributed by atoms with Crippen molar-refractivity contribution in [3.8, 4) is 23.2 Å². The van der Waals surface area contributed by atoms with Crippen molar-refractivity contribution < 1.29 is 13.6 Å². The van der Waals surface area contributed by atoms with Crippen molar-refractivity contribution in [1.82, 2.24) is 30.4 Å². The van der Waals surface area contributed by atoms with Crippen LogP contribution in [0.15, 0.2) is 8.83 Å². The second-order valence-electron chi connectivity index (χ2n) is 11.1. The third-order valence-electron chi connectivity index (χ3n) is 8.55. The number of carbonyl (C=O) groups excluding carboxylic acids is 1. The maximum absolute atomic E-state index is 14.0. The first-order valence-corrected chi connectivity index (χ1v) is 14.0. The SMILES string of the molecule is Cc1[nH]c(-c2nnc(C3CCCCC3)o2)c(C)c1C(=O)c1c(C)[nH]c(-c2nnc(C3CCCCC3)o2)c1C. The predicted molar refractivity (Wildman–Crippen MR) is 142 cm³/mol. The molecule has 0 spiro atoms. The van der Waals surface area contributed by atoms with Crippen LogP contribution in [-0.4, -0.2) is 36.1 Å². The van der Waals surface area contributed by atoms with Crippen molar-refractivity contribution >= 4 is 5.78 Å². The van der Waals surface area contributed by atoms with E-state index in [4.69, 9.17) is 8.83 Å². The highest BCUT2D eigenvalue weighted by Gasteiger charge is 2.30. The number of aryl methyl sites for hydroxylation is 2. The van der Waals surface area contributed by atoms with Crippen LogP contribution in [0.4, 0.5) is 0 Å². The summed E-state index contributed by atoms with van der Waals surface area (Å²) in [5, 5.41) is 17.4. The van der Waals surface area contributed by atoms with Gasteiger partial charge in [-0.15, -0.1) is 20.4 Å². The molecule has 0 radical (unpaired) electrons. The zero-order valence-corrected chi connectivity index (χ0v) is 22.7. The molecule has 2 N–H and O–H groups in total. The van der Waals surface area contributed by atoms with Crippen LogP contribution in [0.2, 0.25) is 0 Å². The van der Waals surface area contributed by atoms with Crippen LogP contribution in [0.3, 0.4) is 0 Å². The molecular weight excluding hydrogens is 480 g/mol.